The van der Waals surface area contributed by atoms with E-state index in [0.717, 1.165) is 23.4 Å². The summed E-state index contributed by atoms with van der Waals surface area (Å²) in [6.45, 7) is 5.32. The number of aromatic nitrogens is 2. The number of hydrogen-bond donors (Lipinski definition) is 0. The van der Waals surface area contributed by atoms with Crippen LogP contribution in [0.5, 0.6) is 0 Å². The molecular weight excluding hydrogens is 329 g/mol. The normalized spacial score (nSPS) is 13.6. The zero-order chi connectivity index (χ0) is 15.7. The molecule has 2 aromatic rings. The first-order chi connectivity index (χ1) is 9.85. The van der Waals surface area contributed by atoms with Gasteiger partial charge in [0.2, 0.25) is 0 Å². The van der Waals surface area contributed by atoms with Gasteiger partial charge in [-0.15, -0.1) is 11.6 Å². The Labute approximate surface area is 140 Å². The number of fused-ring (bicyclic) bond motifs is 1. The fraction of sp³-hybridized carbons (Fsp3) is 0.533. The summed E-state index contributed by atoms with van der Waals surface area (Å²) in [6.07, 6.45) is 0. The second-order valence-electron chi connectivity index (χ2n) is 5.86. The zero-order valence-corrected chi connectivity index (χ0v) is 15.0. The molecule has 1 aromatic carbocycles. The molecular formula is C15H20Cl3N3. The van der Waals surface area contributed by atoms with Crippen LogP contribution in [0.15, 0.2) is 12.1 Å². The standard InChI is InChI=1S/C15H20Cl3N3/c1-9(2)14(8-20(3)4)21-13-6-11(18)10(17)5-12(13)19-15(21)7-16/h5-6,9,14H,7-8H2,1-4H3. The highest BCUT2D eigenvalue weighted by atomic mass is 35.5. The first kappa shape index (κ1) is 16.9. The van der Waals surface area contributed by atoms with Crippen LogP contribution in [0.3, 0.4) is 0 Å². The molecule has 21 heavy (non-hydrogen) atoms. The average Bonchev–Trinajstić information content (AvgIpc) is 2.73. The summed E-state index contributed by atoms with van der Waals surface area (Å²) >= 11 is 18.4. The van der Waals surface area contributed by atoms with E-state index in [0.29, 0.717) is 21.8 Å². The number of rotatable bonds is 5. The number of imidazole rings is 1. The summed E-state index contributed by atoms with van der Waals surface area (Å²) in [5.74, 6) is 1.66. The molecule has 0 amide bonds. The minimum Gasteiger partial charge on any atom is -0.322 e. The van der Waals surface area contributed by atoms with Crippen LogP contribution in [0, 0.1) is 5.92 Å². The predicted molar refractivity (Wildman–Crippen MR) is 91.7 cm³/mol. The van der Waals surface area contributed by atoms with E-state index >= 15 is 0 Å². The smallest absolute Gasteiger partial charge is 0.125 e. The Balaban J connectivity index is 2.66. The highest BCUT2D eigenvalue weighted by Gasteiger charge is 2.23. The highest BCUT2D eigenvalue weighted by molar-refractivity contribution is 6.42. The third-order valence-electron chi connectivity index (χ3n) is 3.58. The number of benzene rings is 1. The van der Waals surface area contributed by atoms with Crippen molar-refractivity contribution in [3.05, 3.63) is 28.0 Å². The maximum absolute atomic E-state index is 6.19. The van der Waals surface area contributed by atoms with Gasteiger partial charge < -0.3 is 9.47 Å². The molecule has 0 bridgehead atoms. The van der Waals surface area contributed by atoms with Crippen LogP contribution in [0.1, 0.15) is 25.7 Å². The molecule has 6 heteroatoms. The lowest BCUT2D eigenvalue weighted by Gasteiger charge is -2.28. The summed E-state index contributed by atoms with van der Waals surface area (Å²) in [5.41, 5.74) is 1.82. The van der Waals surface area contributed by atoms with Gasteiger partial charge in [0.05, 0.1) is 33.0 Å². The van der Waals surface area contributed by atoms with Gasteiger partial charge in [0, 0.05) is 6.54 Å². The number of halogens is 3. The van der Waals surface area contributed by atoms with E-state index in [1.165, 1.54) is 0 Å². The van der Waals surface area contributed by atoms with Crippen molar-refractivity contribution in [3.63, 3.8) is 0 Å². The number of hydrogen-bond acceptors (Lipinski definition) is 2. The second kappa shape index (κ2) is 6.74. The van der Waals surface area contributed by atoms with Gasteiger partial charge >= 0.3 is 0 Å². The summed E-state index contributed by atoms with van der Waals surface area (Å²) in [6, 6.07) is 3.96. The van der Waals surface area contributed by atoms with Crippen LogP contribution in [0.4, 0.5) is 0 Å². The molecule has 3 nitrogen and oxygen atoms in total. The van der Waals surface area contributed by atoms with Crippen molar-refractivity contribution in [2.24, 2.45) is 5.92 Å². The van der Waals surface area contributed by atoms with Gasteiger partial charge in [0.25, 0.3) is 0 Å². The molecule has 116 valence electrons. The molecule has 0 aliphatic rings. The van der Waals surface area contributed by atoms with Gasteiger partial charge in [0.15, 0.2) is 0 Å². The Kier molecular flexibility index (Phi) is 5.42. The third-order valence-corrected chi connectivity index (χ3v) is 4.54. The van der Waals surface area contributed by atoms with Crippen molar-refractivity contribution in [1.82, 2.24) is 14.5 Å². The lowest BCUT2D eigenvalue weighted by atomic mass is 10.0. The maximum atomic E-state index is 6.19. The second-order valence-corrected chi connectivity index (χ2v) is 6.94. The van der Waals surface area contributed by atoms with E-state index in [9.17, 15) is 0 Å². The minimum atomic E-state index is 0.274. The molecule has 0 aliphatic heterocycles. The quantitative estimate of drug-likeness (QED) is 0.721. The molecule has 0 fully saturated rings. The number of alkyl halides is 1. The highest BCUT2D eigenvalue weighted by Crippen LogP contribution is 2.32. The number of nitrogens with zero attached hydrogens (tertiary/aromatic N) is 3. The van der Waals surface area contributed by atoms with E-state index in [2.05, 4.69) is 42.4 Å². The topological polar surface area (TPSA) is 21.1 Å². The van der Waals surface area contributed by atoms with Crippen molar-refractivity contribution in [1.29, 1.82) is 0 Å². The van der Waals surface area contributed by atoms with E-state index in [4.69, 9.17) is 34.8 Å². The molecule has 2 rings (SSSR count). The largest absolute Gasteiger partial charge is 0.322 e. The van der Waals surface area contributed by atoms with E-state index in [1.807, 2.05) is 6.07 Å². The van der Waals surface area contributed by atoms with Gasteiger partial charge in [-0.3, -0.25) is 0 Å². The van der Waals surface area contributed by atoms with Gasteiger partial charge in [-0.05, 0) is 32.1 Å². The molecule has 1 aromatic heterocycles. The lowest BCUT2D eigenvalue weighted by Crippen LogP contribution is -2.29. The summed E-state index contributed by atoms with van der Waals surface area (Å²) < 4.78 is 2.20. The van der Waals surface area contributed by atoms with Crippen molar-refractivity contribution in [2.45, 2.75) is 25.8 Å². The van der Waals surface area contributed by atoms with E-state index in [-0.39, 0.29) is 6.04 Å². The monoisotopic (exact) mass is 347 g/mol. The fourth-order valence-corrected chi connectivity index (χ4v) is 3.07. The molecule has 1 unspecified atom stereocenters. The third kappa shape index (κ3) is 3.48. The van der Waals surface area contributed by atoms with Crippen molar-refractivity contribution in [3.8, 4) is 0 Å². The Morgan fingerprint density at radius 2 is 1.81 bits per heavy atom. The van der Waals surface area contributed by atoms with Crippen LogP contribution in [-0.2, 0) is 5.88 Å². The average molecular weight is 349 g/mol. The number of likely N-dealkylation sites (N-methyl/N-ethyl adjacent to an activating group) is 1. The van der Waals surface area contributed by atoms with Crippen LogP contribution in [-0.4, -0.2) is 35.1 Å². The zero-order valence-electron chi connectivity index (χ0n) is 12.7. The first-order valence-corrected chi connectivity index (χ1v) is 8.20. The van der Waals surface area contributed by atoms with E-state index < -0.39 is 0 Å². The fourth-order valence-electron chi connectivity index (χ4n) is 2.57. The van der Waals surface area contributed by atoms with Crippen LogP contribution >= 0.6 is 34.8 Å². The van der Waals surface area contributed by atoms with Gasteiger partial charge in [0.1, 0.15) is 5.82 Å². The SMILES string of the molecule is CC(C)C(CN(C)C)n1c(CCl)nc2cc(Cl)c(Cl)cc21. The molecule has 0 radical (unpaired) electrons. The Hall–Kier alpha value is -0.480. The summed E-state index contributed by atoms with van der Waals surface area (Å²) in [5, 5.41) is 1.06. The van der Waals surface area contributed by atoms with Crippen molar-refractivity contribution < 1.29 is 0 Å². The lowest BCUT2D eigenvalue weighted by molar-refractivity contribution is 0.270. The van der Waals surface area contributed by atoms with Crippen molar-refractivity contribution in [2.75, 3.05) is 20.6 Å². The van der Waals surface area contributed by atoms with Crippen LogP contribution in [0.2, 0.25) is 10.0 Å². The Morgan fingerprint density at radius 1 is 1.19 bits per heavy atom. The van der Waals surface area contributed by atoms with Crippen LogP contribution < -0.4 is 0 Å². The first-order valence-electron chi connectivity index (χ1n) is 6.91. The molecule has 0 saturated carbocycles. The van der Waals surface area contributed by atoms with Gasteiger partial charge in [-0.25, -0.2) is 4.98 Å². The summed E-state index contributed by atoms with van der Waals surface area (Å²) in [7, 11) is 4.14. The maximum Gasteiger partial charge on any atom is 0.125 e. The van der Waals surface area contributed by atoms with E-state index in [1.54, 1.807) is 6.07 Å². The minimum absolute atomic E-state index is 0.274. The molecule has 0 aliphatic carbocycles. The molecule has 1 atom stereocenters. The molecule has 0 spiro atoms. The van der Waals surface area contributed by atoms with Crippen LogP contribution in [0.25, 0.3) is 11.0 Å². The van der Waals surface area contributed by atoms with Gasteiger partial charge in [-0.1, -0.05) is 37.0 Å². The predicted octanol–water partition coefficient (Wildman–Crippen LogP) is 4.84. The van der Waals surface area contributed by atoms with Crippen molar-refractivity contribution >= 4 is 45.8 Å². The Bertz CT molecular complexity index is 635. The molecule has 0 saturated heterocycles. The Morgan fingerprint density at radius 3 is 2.33 bits per heavy atom. The summed E-state index contributed by atoms with van der Waals surface area (Å²) in [4.78, 5) is 6.79. The molecule has 0 N–H and O–H groups in total. The molecule has 1 heterocycles. The van der Waals surface area contributed by atoms with Gasteiger partial charge in [-0.2, -0.15) is 0 Å².